The van der Waals surface area contributed by atoms with Crippen LogP contribution in [0.15, 0.2) is 24.3 Å². The Morgan fingerprint density at radius 3 is 2.62 bits per heavy atom. The summed E-state index contributed by atoms with van der Waals surface area (Å²) in [4.78, 5) is 0. The summed E-state index contributed by atoms with van der Waals surface area (Å²) < 4.78 is 5.13. The third kappa shape index (κ3) is 3.20. The zero-order valence-electron chi connectivity index (χ0n) is 9.68. The molecule has 0 aliphatic heterocycles. The molecule has 4 nitrogen and oxygen atoms in total. The molecule has 0 fully saturated rings. The predicted molar refractivity (Wildman–Crippen MR) is 62.5 cm³/mol. The summed E-state index contributed by atoms with van der Waals surface area (Å²) in [6, 6.07) is 7.16. The van der Waals surface area contributed by atoms with Crippen LogP contribution in [0.1, 0.15) is 18.1 Å². The van der Waals surface area contributed by atoms with Crippen LogP contribution in [0.2, 0.25) is 0 Å². The second-order valence-corrected chi connectivity index (χ2v) is 3.65. The van der Waals surface area contributed by atoms with Gasteiger partial charge in [-0.25, -0.2) is 0 Å². The van der Waals surface area contributed by atoms with E-state index in [1.165, 1.54) is 0 Å². The minimum absolute atomic E-state index is 0.496. The van der Waals surface area contributed by atoms with Crippen molar-refractivity contribution >= 4 is 0 Å². The Labute approximate surface area is 95.9 Å². The molecule has 16 heavy (non-hydrogen) atoms. The van der Waals surface area contributed by atoms with Gasteiger partial charge in [0.1, 0.15) is 11.9 Å². The van der Waals surface area contributed by atoms with E-state index in [1.54, 1.807) is 19.2 Å². The number of hydrogen-bond donors (Lipinski definition) is 3. The third-order valence-corrected chi connectivity index (χ3v) is 2.51. The largest absolute Gasteiger partial charge is 0.496 e. The van der Waals surface area contributed by atoms with Gasteiger partial charge in [0.2, 0.25) is 0 Å². The molecule has 0 aliphatic rings. The summed E-state index contributed by atoms with van der Waals surface area (Å²) >= 11 is 0. The van der Waals surface area contributed by atoms with Crippen LogP contribution < -0.4 is 10.1 Å². The monoisotopic (exact) mass is 225 g/mol. The van der Waals surface area contributed by atoms with E-state index in [0.29, 0.717) is 24.3 Å². The number of ether oxygens (including phenoxy) is 1. The molecule has 1 aromatic rings. The highest BCUT2D eigenvalue weighted by atomic mass is 16.5. The molecular weight excluding hydrogens is 206 g/mol. The van der Waals surface area contributed by atoms with Crippen molar-refractivity contribution in [1.29, 1.82) is 0 Å². The number of para-hydroxylation sites is 1. The van der Waals surface area contributed by atoms with Gasteiger partial charge in [-0.15, -0.1) is 0 Å². The maximum atomic E-state index is 9.97. The van der Waals surface area contributed by atoms with Gasteiger partial charge in [-0.3, -0.25) is 0 Å². The van der Waals surface area contributed by atoms with Crippen molar-refractivity contribution in [3.63, 3.8) is 0 Å². The third-order valence-electron chi connectivity index (χ3n) is 2.51. The van der Waals surface area contributed by atoms with Gasteiger partial charge in [-0.1, -0.05) is 18.2 Å². The molecule has 0 spiro atoms. The number of aliphatic hydroxyl groups is 2. The molecule has 0 radical (unpaired) electrons. The lowest BCUT2D eigenvalue weighted by Gasteiger charge is -2.20. The van der Waals surface area contributed by atoms with Gasteiger partial charge in [0.15, 0.2) is 0 Å². The van der Waals surface area contributed by atoms with E-state index in [4.69, 9.17) is 4.74 Å². The standard InChI is InChI=1S/C12H19NO3/c1-13-8-7-10(14)12(15)9-5-3-4-6-11(9)16-2/h3-6,10,12-15H,7-8H2,1-2H3. The summed E-state index contributed by atoms with van der Waals surface area (Å²) in [5, 5.41) is 22.7. The summed E-state index contributed by atoms with van der Waals surface area (Å²) in [6.45, 7) is 0.660. The topological polar surface area (TPSA) is 61.7 Å². The summed E-state index contributed by atoms with van der Waals surface area (Å²) in [5.74, 6) is 0.596. The number of hydrogen-bond acceptors (Lipinski definition) is 4. The first kappa shape index (κ1) is 13.0. The highest BCUT2D eigenvalue weighted by molar-refractivity contribution is 5.35. The number of rotatable bonds is 6. The van der Waals surface area contributed by atoms with Gasteiger partial charge in [0.25, 0.3) is 0 Å². The van der Waals surface area contributed by atoms with E-state index in [2.05, 4.69) is 5.32 Å². The molecule has 0 heterocycles. The SMILES string of the molecule is CNCCC(O)C(O)c1ccccc1OC. The fraction of sp³-hybridized carbons (Fsp3) is 0.500. The number of nitrogens with one attached hydrogen (secondary N) is 1. The first-order chi connectivity index (χ1) is 7.70. The first-order valence-electron chi connectivity index (χ1n) is 5.34. The molecule has 0 aromatic heterocycles. The van der Waals surface area contributed by atoms with Crippen LogP contribution in [0, 0.1) is 0 Å². The maximum absolute atomic E-state index is 9.97. The molecule has 0 saturated carbocycles. The smallest absolute Gasteiger partial charge is 0.124 e. The minimum atomic E-state index is -0.913. The van der Waals surface area contributed by atoms with Gasteiger partial charge in [0, 0.05) is 5.56 Å². The molecule has 4 heteroatoms. The Kier molecular flexibility index (Phi) is 5.25. The van der Waals surface area contributed by atoms with Gasteiger partial charge >= 0.3 is 0 Å². The number of benzene rings is 1. The van der Waals surface area contributed by atoms with Crippen molar-refractivity contribution in [3.05, 3.63) is 29.8 Å². The highest BCUT2D eigenvalue weighted by Crippen LogP contribution is 2.27. The summed E-state index contributed by atoms with van der Waals surface area (Å²) in [5.41, 5.74) is 0.619. The summed E-state index contributed by atoms with van der Waals surface area (Å²) in [6.07, 6.45) is -1.20. The quantitative estimate of drug-likeness (QED) is 0.667. The molecule has 1 aromatic carbocycles. The van der Waals surface area contributed by atoms with Crippen LogP contribution in [0.5, 0.6) is 5.75 Å². The Bertz CT molecular complexity index is 317. The van der Waals surface area contributed by atoms with E-state index in [-0.39, 0.29) is 0 Å². The van der Waals surface area contributed by atoms with Gasteiger partial charge < -0.3 is 20.3 Å². The van der Waals surface area contributed by atoms with Crippen LogP contribution in [0.25, 0.3) is 0 Å². The van der Waals surface area contributed by atoms with Gasteiger partial charge in [-0.2, -0.15) is 0 Å². The fourth-order valence-electron chi connectivity index (χ4n) is 1.57. The van der Waals surface area contributed by atoms with Crippen molar-refractivity contribution < 1.29 is 14.9 Å². The van der Waals surface area contributed by atoms with Crippen molar-refractivity contribution in [2.45, 2.75) is 18.6 Å². The molecule has 2 atom stereocenters. The number of methoxy groups -OCH3 is 1. The van der Waals surface area contributed by atoms with Gasteiger partial charge in [0.05, 0.1) is 13.2 Å². The number of aliphatic hydroxyl groups excluding tert-OH is 2. The average molecular weight is 225 g/mol. The van der Waals surface area contributed by atoms with Crippen LogP contribution in [-0.2, 0) is 0 Å². The average Bonchev–Trinajstić information content (AvgIpc) is 2.34. The van der Waals surface area contributed by atoms with Crippen molar-refractivity contribution in [3.8, 4) is 5.75 Å². The zero-order valence-corrected chi connectivity index (χ0v) is 9.68. The predicted octanol–water partition coefficient (Wildman–Crippen LogP) is 0.699. The fourth-order valence-corrected chi connectivity index (χ4v) is 1.57. The lowest BCUT2D eigenvalue weighted by atomic mass is 10.0. The normalized spacial score (nSPS) is 14.5. The Balaban J connectivity index is 2.74. The van der Waals surface area contributed by atoms with E-state index in [9.17, 15) is 10.2 Å². The van der Waals surface area contributed by atoms with Crippen molar-refractivity contribution in [2.75, 3.05) is 20.7 Å². The molecule has 2 unspecified atom stereocenters. The Morgan fingerprint density at radius 1 is 1.31 bits per heavy atom. The molecule has 0 amide bonds. The lowest BCUT2D eigenvalue weighted by molar-refractivity contribution is 0.0127. The minimum Gasteiger partial charge on any atom is -0.496 e. The molecular formula is C12H19NO3. The molecule has 0 aliphatic carbocycles. The Hall–Kier alpha value is -1.10. The first-order valence-corrected chi connectivity index (χ1v) is 5.34. The molecule has 0 saturated heterocycles. The molecule has 0 bridgehead atoms. The molecule has 3 N–H and O–H groups in total. The Morgan fingerprint density at radius 2 is 2.00 bits per heavy atom. The van der Waals surface area contributed by atoms with E-state index < -0.39 is 12.2 Å². The van der Waals surface area contributed by atoms with E-state index >= 15 is 0 Å². The van der Waals surface area contributed by atoms with Crippen LogP contribution in [0.4, 0.5) is 0 Å². The van der Waals surface area contributed by atoms with Crippen molar-refractivity contribution in [2.24, 2.45) is 0 Å². The second-order valence-electron chi connectivity index (χ2n) is 3.65. The molecule has 1 rings (SSSR count). The summed E-state index contributed by atoms with van der Waals surface area (Å²) in [7, 11) is 3.35. The van der Waals surface area contributed by atoms with Crippen LogP contribution in [0.3, 0.4) is 0 Å². The molecule has 90 valence electrons. The maximum Gasteiger partial charge on any atom is 0.124 e. The lowest BCUT2D eigenvalue weighted by Crippen LogP contribution is -2.23. The van der Waals surface area contributed by atoms with Crippen LogP contribution in [-0.4, -0.2) is 37.0 Å². The van der Waals surface area contributed by atoms with E-state index in [1.807, 2.05) is 19.2 Å². The van der Waals surface area contributed by atoms with Gasteiger partial charge in [-0.05, 0) is 26.1 Å². The van der Waals surface area contributed by atoms with Crippen molar-refractivity contribution in [1.82, 2.24) is 5.32 Å². The second kappa shape index (κ2) is 6.48. The zero-order chi connectivity index (χ0) is 12.0. The highest BCUT2D eigenvalue weighted by Gasteiger charge is 2.20. The van der Waals surface area contributed by atoms with Crippen LogP contribution >= 0.6 is 0 Å². The van der Waals surface area contributed by atoms with E-state index in [0.717, 1.165) is 0 Å².